The average Bonchev–Trinajstić information content (AvgIpc) is 3.05. The van der Waals surface area contributed by atoms with Crippen molar-refractivity contribution < 1.29 is 28.6 Å². The number of hydrogen-bond donors (Lipinski definition) is 3. The molecule has 3 aromatic rings. The number of ether oxygens (including phenoxy) is 3. The molecular weight excluding hydrogens is 548 g/mol. The molecular formula is C33H36N4O6. The van der Waals surface area contributed by atoms with Crippen molar-refractivity contribution in [1.29, 1.82) is 0 Å². The fourth-order valence-corrected chi connectivity index (χ4v) is 4.12. The number of nitrogens with two attached hydrogens (primary N) is 1. The van der Waals surface area contributed by atoms with Crippen LogP contribution in [0.1, 0.15) is 49.5 Å². The number of benzene rings is 3. The van der Waals surface area contributed by atoms with E-state index in [2.05, 4.69) is 15.6 Å². The van der Waals surface area contributed by atoms with E-state index in [1.807, 2.05) is 37.3 Å². The first-order chi connectivity index (χ1) is 20.7. The van der Waals surface area contributed by atoms with Gasteiger partial charge in [-0.25, -0.2) is 0 Å². The standard InChI is InChI=1S/C23H24N4O2.C10H12O4/c1-15-8-13-19(26-23(24)25-2)14-20(15)27-22(29)18-11-9-17(10-12-18)21(28)16-6-4-3-5-7-16;1-12-8-4-7(6-11)5-9(13-2)10(8)14-3/h4,6-14H,3,5H2,1-2H3,(H,27,29)(H3,24,25,26);4-6H,1-3H3. The number of rotatable bonds is 9. The number of aldehydes is 1. The van der Waals surface area contributed by atoms with Crippen LogP contribution in [0.2, 0.25) is 0 Å². The minimum Gasteiger partial charge on any atom is -0.493 e. The van der Waals surface area contributed by atoms with Crippen LogP contribution in [0.3, 0.4) is 0 Å². The number of carbonyl (C=O) groups is 3. The number of allylic oxidation sites excluding steroid dienone is 4. The number of Topliss-reactive ketones (excluding diaryl/α,β-unsaturated/α-hetero) is 1. The lowest BCUT2D eigenvalue weighted by Crippen LogP contribution is -2.22. The number of carbonyl (C=O) groups excluding carboxylic acids is 3. The maximum absolute atomic E-state index is 12.7. The average molecular weight is 585 g/mol. The van der Waals surface area contributed by atoms with E-state index >= 15 is 0 Å². The summed E-state index contributed by atoms with van der Waals surface area (Å²) in [4.78, 5) is 39.6. The van der Waals surface area contributed by atoms with Crippen LogP contribution in [0.5, 0.6) is 17.2 Å². The molecule has 1 aliphatic carbocycles. The van der Waals surface area contributed by atoms with E-state index in [0.29, 0.717) is 45.2 Å². The van der Waals surface area contributed by atoms with Crippen molar-refractivity contribution in [3.63, 3.8) is 0 Å². The molecule has 3 aromatic carbocycles. The predicted octanol–water partition coefficient (Wildman–Crippen LogP) is 5.59. The first kappa shape index (κ1) is 32.1. The Morgan fingerprint density at radius 1 is 0.884 bits per heavy atom. The van der Waals surface area contributed by atoms with Gasteiger partial charge >= 0.3 is 0 Å². The van der Waals surface area contributed by atoms with Crippen molar-refractivity contribution >= 4 is 35.3 Å². The Balaban J connectivity index is 0.000000303. The summed E-state index contributed by atoms with van der Waals surface area (Å²) in [6.45, 7) is 1.91. The van der Waals surface area contributed by atoms with Gasteiger partial charge in [-0.3, -0.25) is 19.4 Å². The Bertz CT molecular complexity index is 1530. The van der Waals surface area contributed by atoms with Gasteiger partial charge in [0.1, 0.15) is 6.29 Å². The highest BCUT2D eigenvalue weighted by atomic mass is 16.5. The molecule has 0 aliphatic heterocycles. The van der Waals surface area contributed by atoms with E-state index in [-0.39, 0.29) is 17.6 Å². The quantitative estimate of drug-likeness (QED) is 0.128. The van der Waals surface area contributed by atoms with E-state index in [9.17, 15) is 14.4 Å². The first-order valence-corrected chi connectivity index (χ1v) is 13.4. The summed E-state index contributed by atoms with van der Waals surface area (Å²) in [7, 11) is 6.12. The fraction of sp³-hybridized carbons (Fsp3) is 0.212. The lowest BCUT2D eigenvalue weighted by atomic mass is 9.97. The van der Waals surface area contributed by atoms with Gasteiger partial charge in [0.2, 0.25) is 5.75 Å². The molecule has 1 aliphatic rings. The summed E-state index contributed by atoms with van der Waals surface area (Å²) >= 11 is 0. The van der Waals surface area contributed by atoms with Crippen LogP contribution >= 0.6 is 0 Å². The molecule has 4 rings (SSSR count). The summed E-state index contributed by atoms with van der Waals surface area (Å²) in [5.41, 5.74) is 10.2. The van der Waals surface area contributed by atoms with Gasteiger partial charge < -0.3 is 30.6 Å². The third-order valence-corrected chi connectivity index (χ3v) is 6.49. The van der Waals surface area contributed by atoms with Gasteiger partial charge in [0.15, 0.2) is 23.2 Å². The number of nitrogens with zero attached hydrogens (tertiary/aromatic N) is 1. The van der Waals surface area contributed by atoms with Gasteiger partial charge in [-0.15, -0.1) is 0 Å². The fourth-order valence-electron chi connectivity index (χ4n) is 4.12. The second kappa shape index (κ2) is 15.6. The van der Waals surface area contributed by atoms with Crippen molar-refractivity contribution in [3.8, 4) is 17.2 Å². The number of aryl methyl sites for hydroxylation is 1. The highest BCUT2D eigenvalue weighted by Gasteiger charge is 2.14. The number of aliphatic imine (C=N–C) groups is 1. The predicted molar refractivity (Wildman–Crippen MR) is 169 cm³/mol. The Morgan fingerprint density at radius 3 is 2.07 bits per heavy atom. The second-order valence-corrected chi connectivity index (χ2v) is 9.34. The zero-order chi connectivity index (χ0) is 31.4. The van der Waals surface area contributed by atoms with E-state index in [1.165, 1.54) is 21.3 Å². The van der Waals surface area contributed by atoms with Crippen LogP contribution in [0.25, 0.3) is 0 Å². The number of anilines is 2. The lowest BCUT2D eigenvalue weighted by Gasteiger charge is -2.12. The zero-order valence-electron chi connectivity index (χ0n) is 24.9. The molecule has 4 N–H and O–H groups in total. The molecule has 0 fully saturated rings. The summed E-state index contributed by atoms with van der Waals surface area (Å²) in [5, 5.41) is 5.85. The summed E-state index contributed by atoms with van der Waals surface area (Å²) in [6.07, 6.45) is 8.37. The summed E-state index contributed by atoms with van der Waals surface area (Å²) in [5.74, 6) is 1.45. The van der Waals surface area contributed by atoms with Crippen molar-refractivity contribution in [3.05, 3.63) is 101 Å². The van der Waals surface area contributed by atoms with E-state index in [0.717, 1.165) is 30.4 Å². The van der Waals surface area contributed by atoms with Crippen molar-refractivity contribution in [2.24, 2.45) is 10.7 Å². The van der Waals surface area contributed by atoms with Gasteiger partial charge in [-0.1, -0.05) is 36.4 Å². The number of nitrogens with one attached hydrogen (secondary N) is 2. The highest BCUT2D eigenvalue weighted by Crippen LogP contribution is 2.37. The van der Waals surface area contributed by atoms with Crippen LogP contribution in [0, 0.1) is 6.92 Å². The molecule has 0 saturated carbocycles. The Labute approximate surface area is 251 Å². The second-order valence-electron chi connectivity index (χ2n) is 9.34. The Hall–Kier alpha value is -5.38. The minimum absolute atomic E-state index is 0.0299. The molecule has 0 bridgehead atoms. The number of ketones is 1. The topological polar surface area (TPSA) is 141 Å². The van der Waals surface area contributed by atoms with Crippen molar-refractivity contribution in [1.82, 2.24) is 0 Å². The van der Waals surface area contributed by atoms with Crippen molar-refractivity contribution in [2.45, 2.75) is 19.8 Å². The van der Waals surface area contributed by atoms with Crippen LogP contribution in [-0.2, 0) is 0 Å². The van der Waals surface area contributed by atoms with Crippen molar-refractivity contribution in [2.75, 3.05) is 39.0 Å². The van der Waals surface area contributed by atoms with Crippen LogP contribution < -0.4 is 30.6 Å². The minimum atomic E-state index is -0.252. The molecule has 0 saturated heterocycles. The monoisotopic (exact) mass is 584 g/mol. The maximum Gasteiger partial charge on any atom is 0.255 e. The zero-order valence-corrected chi connectivity index (χ0v) is 24.9. The smallest absolute Gasteiger partial charge is 0.255 e. The molecule has 0 atom stereocenters. The largest absolute Gasteiger partial charge is 0.493 e. The molecule has 1 amide bonds. The van der Waals surface area contributed by atoms with Crippen LogP contribution in [0.4, 0.5) is 11.4 Å². The van der Waals surface area contributed by atoms with E-state index < -0.39 is 0 Å². The highest BCUT2D eigenvalue weighted by molar-refractivity contribution is 6.11. The summed E-state index contributed by atoms with van der Waals surface area (Å²) < 4.78 is 15.2. The number of amides is 1. The molecule has 224 valence electrons. The lowest BCUT2D eigenvalue weighted by molar-refractivity contribution is 0.101. The number of hydrogen-bond acceptors (Lipinski definition) is 7. The molecule has 10 heteroatoms. The number of guanidine groups is 1. The van der Waals surface area contributed by atoms with Gasteiger partial charge in [-0.2, -0.15) is 0 Å². The molecule has 0 spiro atoms. The Morgan fingerprint density at radius 2 is 1.53 bits per heavy atom. The van der Waals surface area contributed by atoms with Gasteiger partial charge in [0.25, 0.3) is 5.91 Å². The SMILES string of the molecule is CN=C(N)Nc1ccc(C)c(NC(=O)c2ccc(C(=O)C3=CCCC=C3)cc2)c1.COc1cc(C=O)cc(OC)c1OC. The van der Waals surface area contributed by atoms with Crippen LogP contribution in [-0.4, -0.2) is 52.3 Å². The van der Waals surface area contributed by atoms with Gasteiger partial charge in [-0.05, 0) is 61.7 Å². The molecule has 10 nitrogen and oxygen atoms in total. The van der Waals surface area contributed by atoms with Gasteiger partial charge in [0, 0.05) is 40.7 Å². The number of methoxy groups -OCH3 is 3. The van der Waals surface area contributed by atoms with Gasteiger partial charge in [0.05, 0.1) is 21.3 Å². The summed E-state index contributed by atoms with van der Waals surface area (Å²) in [6, 6.07) is 15.4. The molecule has 0 aromatic heterocycles. The molecule has 0 radical (unpaired) electrons. The normalized spacial score (nSPS) is 12.2. The molecule has 0 unspecified atom stereocenters. The third-order valence-electron chi connectivity index (χ3n) is 6.49. The third kappa shape index (κ3) is 8.56. The molecule has 43 heavy (non-hydrogen) atoms. The van der Waals surface area contributed by atoms with Crippen LogP contribution in [0.15, 0.2) is 83.4 Å². The van der Waals surface area contributed by atoms with E-state index in [4.69, 9.17) is 19.9 Å². The maximum atomic E-state index is 12.7. The first-order valence-electron chi connectivity index (χ1n) is 13.4. The Kier molecular flexibility index (Phi) is 11.6. The molecule has 0 heterocycles. The van der Waals surface area contributed by atoms with E-state index in [1.54, 1.807) is 49.5 Å².